The molecule has 0 unspecified atom stereocenters. The summed E-state index contributed by atoms with van der Waals surface area (Å²) in [4.78, 5) is 33.0. The molecule has 0 radical (unpaired) electrons. The number of aromatic amines is 1. The van der Waals surface area contributed by atoms with E-state index >= 15 is 0 Å². The van der Waals surface area contributed by atoms with E-state index in [-0.39, 0.29) is 11.4 Å². The lowest BCUT2D eigenvalue weighted by Crippen LogP contribution is -1.97. The zero-order valence-electron chi connectivity index (χ0n) is 25.8. The van der Waals surface area contributed by atoms with Crippen LogP contribution >= 0.6 is 22.6 Å². The van der Waals surface area contributed by atoms with Crippen molar-refractivity contribution in [3.63, 3.8) is 0 Å². The number of hydrogen-bond acceptors (Lipinski definition) is 6. The molecule has 8 rings (SSSR count). The van der Waals surface area contributed by atoms with Crippen molar-refractivity contribution in [1.82, 2.24) is 19.5 Å². The molecule has 0 saturated carbocycles. The van der Waals surface area contributed by atoms with Gasteiger partial charge in [0.05, 0.1) is 31.9 Å². The summed E-state index contributed by atoms with van der Waals surface area (Å²) in [6, 6.07) is 48.6. The summed E-state index contributed by atoms with van der Waals surface area (Å²) in [5, 5.41) is 21.4. The molecule has 0 fully saturated rings. The first kappa shape index (κ1) is 32.7. The van der Waals surface area contributed by atoms with E-state index in [2.05, 4.69) is 49.3 Å². The molecule has 2 heterocycles. The number of benzene rings is 6. The second-order valence-electron chi connectivity index (χ2n) is 10.6. The summed E-state index contributed by atoms with van der Waals surface area (Å²) in [6.07, 6.45) is 0. The lowest BCUT2D eigenvalue weighted by Gasteiger charge is -2.09. The topological polar surface area (TPSA) is 133 Å². The van der Waals surface area contributed by atoms with E-state index in [0.717, 1.165) is 44.7 Å². The number of H-pyrrole nitrogens is 1. The van der Waals surface area contributed by atoms with Crippen molar-refractivity contribution >= 4 is 56.0 Å². The molecule has 0 spiro atoms. The third kappa shape index (κ3) is 7.85. The van der Waals surface area contributed by atoms with Gasteiger partial charge in [0, 0.05) is 44.6 Å². The number of nitrogens with zero attached hydrogens (tertiary/aromatic N) is 5. The van der Waals surface area contributed by atoms with Crippen molar-refractivity contribution in [2.75, 3.05) is 0 Å². The van der Waals surface area contributed by atoms with Gasteiger partial charge in [-0.05, 0) is 95.4 Å². The number of para-hydroxylation sites is 5. The standard InChI is InChI=1S/C19H13N3O2.C13H9N3O2.C6H5I/c23-22(24)16-12-10-14(11-13-16)19-20-17-8-4-5-9-18(17)21(19)15-6-2-1-3-7-15;17-16(18)10-7-5-9(6-8-10)13-14-11-3-1-2-4-12(11)15-13;7-6-4-2-1-3-5-6/h1-13H;1-8H,(H,14,15);1-5H. The van der Waals surface area contributed by atoms with E-state index < -0.39 is 9.85 Å². The molecule has 0 atom stereocenters. The van der Waals surface area contributed by atoms with Crippen molar-refractivity contribution in [2.45, 2.75) is 0 Å². The quantitative estimate of drug-likeness (QED) is 0.106. The maximum Gasteiger partial charge on any atom is 0.269 e. The van der Waals surface area contributed by atoms with Crippen molar-refractivity contribution in [2.24, 2.45) is 0 Å². The molecule has 1 N–H and O–H groups in total. The first-order valence-corrected chi connectivity index (χ1v) is 16.1. The van der Waals surface area contributed by atoms with E-state index in [1.165, 1.54) is 27.8 Å². The average molecular weight is 759 g/mol. The van der Waals surface area contributed by atoms with Crippen LogP contribution in [-0.4, -0.2) is 29.4 Å². The Labute approximate surface area is 294 Å². The normalized spacial score (nSPS) is 10.5. The number of nitro groups is 2. The zero-order valence-corrected chi connectivity index (χ0v) is 27.9. The van der Waals surface area contributed by atoms with Gasteiger partial charge in [0.15, 0.2) is 0 Å². The second-order valence-corrected chi connectivity index (χ2v) is 11.8. The van der Waals surface area contributed by atoms with Crippen LogP contribution in [-0.2, 0) is 0 Å². The van der Waals surface area contributed by atoms with Crippen molar-refractivity contribution in [3.05, 3.63) is 182 Å². The molecule has 240 valence electrons. The third-order valence-electron chi connectivity index (χ3n) is 7.39. The molecule has 0 aliphatic carbocycles. The Morgan fingerprint density at radius 3 is 1.61 bits per heavy atom. The molecule has 0 aliphatic rings. The number of non-ortho nitro benzene ring substituents is 2. The molecule has 0 aliphatic heterocycles. The fourth-order valence-electron chi connectivity index (χ4n) is 5.04. The van der Waals surface area contributed by atoms with Crippen LogP contribution in [0.3, 0.4) is 0 Å². The molecular weight excluding hydrogens is 731 g/mol. The Kier molecular flexibility index (Phi) is 10.1. The van der Waals surface area contributed by atoms with E-state index in [4.69, 9.17) is 4.98 Å². The molecule has 8 aromatic rings. The van der Waals surface area contributed by atoms with Gasteiger partial charge in [0.2, 0.25) is 0 Å². The lowest BCUT2D eigenvalue weighted by molar-refractivity contribution is -0.385. The number of rotatable bonds is 5. The van der Waals surface area contributed by atoms with Crippen LogP contribution < -0.4 is 0 Å². The average Bonchev–Trinajstić information content (AvgIpc) is 3.75. The van der Waals surface area contributed by atoms with Gasteiger partial charge in [0.1, 0.15) is 11.6 Å². The van der Waals surface area contributed by atoms with Crippen molar-refractivity contribution in [1.29, 1.82) is 0 Å². The van der Waals surface area contributed by atoms with Crippen molar-refractivity contribution < 1.29 is 9.85 Å². The number of nitrogens with one attached hydrogen (secondary N) is 1. The van der Waals surface area contributed by atoms with Gasteiger partial charge in [-0.2, -0.15) is 0 Å². The van der Waals surface area contributed by atoms with Gasteiger partial charge >= 0.3 is 0 Å². The predicted octanol–water partition coefficient (Wildman–Crippen LogP) is 10.0. The fraction of sp³-hybridized carbons (Fsp3) is 0. The fourth-order valence-corrected chi connectivity index (χ4v) is 5.45. The number of imidazole rings is 2. The smallest absolute Gasteiger partial charge is 0.269 e. The van der Waals surface area contributed by atoms with Crippen LogP contribution in [0.4, 0.5) is 11.4 Å². The molecule has 0 amide bonds. The summed E-state index contributed by atoms with van der Waals surface area (Å²) in [6.45, 7) is 0. The first-order valence-electron chi connectivity index (χ1n) is 15.1. The Morgan fingerprint density at radius 1 is 0.551 bits per heavy atom. The van der Waals surface area contributed by atoms with Crippen LogP contribution in [0.1, 0.15) is 0 Å². The Bertz CT molecular complexity index is 2310. The Morgan fingerprint density at radius 2 is 1.06 bits per heavy atom. The van der Waals surface area contributed by atoms with E-state index in [9.17, 15) is 20.2 Å². The highest BCUT2D eigenvalue weighted by molar-refractivity contribution is 14.1. The van der Waals surface area contributed by atoms with Crippen LogP contribution in [0.5, 0.6) is 0 Å². The maximum absolute atomic E-state index is 10.9. The third-order valence-corrected chi connectivity index (χ3v) is 8.10. The first-order chi connectivity index (χ1) is 23.9. The lowest BCUT2D eigenvalue weighted by atomic mass is 10.2. The molecule has 0 bridgehead atoms. The monoisotopic (exact) mass is 758 g/mol. The van der Waals surface area contributed by atoms with Gasteiger partial charge in [0.25, 0.3) is 11.4 Å². The van der Waals surface area contributed by atoms with Gasteiger partial charge in [-0.15, -0.1) is 0 Å². The van der Waals surface area contributed by atoms with Gasteiger partial charge < -0.3 is 4.98 Å². The zero-order chi connectivity index (χ0) is 34.2. The van der Waals surface area contributed by atoms with Crippen LogP contribution in [0.15, 0.2) is 158 Å². The summed E-state index contributed by atoms with van der Waals surface area (Å²) in [5.41, 5.74) is 6.52. The highest BCUT2D eigenvalue weighted by atomic mass is 127. The number of nitro benzene ring substituents is 2. The molecule has 6 aromatic carbocycles. The molecule has 49 heavy (non-hydrogen) atoms. The SMILES string of the molecule is Ic1ccccc1.O=[N+]([O-])c1ccc(-c2nc3ccccc3[nH]2)cc1.O=[N+]([O-])c1ccc(-c2nc3ccccc3n2-c2ccccc2)cc1. The van der Waals surface area contributed by atoms with Gasteiger partial charge in [-0.3, -0.25) is 24.8 Å². The van der Waals surface area contributed by atoms with E-state index in [1.807, 2.05) is 97.1 Å². The minimum atomic E-state index is -0.414. The van der Waals surface area contributed by atoms with E-state index in [0.29, 0.717) is 5.82 Å². The van der Waals surface area contributed by atoms with Crippen LogP contribution in [0, 0.1) is 23.8 Å². The maximum atomic E-state index is 10.9. The summed E-state index contributed by atoms with van der Waals surface area (Å²) >= 11 is 2.28. The van der Waals surface area contributed by atoms with Gasteiger partial charge in [-0.25, -0.2) is 9.97 Å². The highest BCUT2D eigenvalue weighted by Gasteiger charge is 2.15. The minimum absolute atomic E-state index is 0.0705. The number of hydrogen-bond donors (Lipinski definition) is 1. The molecule has 11 heteroatoms. The second kappa shape index (κ2) is 15.1. The Hall–Kier alpha value is -6.21. The Balaban J connectivity index is 0.000000146. The van der Waals surface area contributed by atoms with Crippen molar-refractivity contribution in [3.8, 4) is 28.5 Å². The van der Waals surface area contributed by atoms with Crippen LogP contribution in [0.2, 0.25) is 0 Å². The van der Waals surface area contributed by atoms with E-state index in [1.54, 1.807) is 24.3 Å². The summed E-state index contributed by atoms with van der Waals surface area (Å²) in [7, 11) is 0. The van der Waals surface area contributed by atoms with Gasteiger partial charge in [-0.1, -0.05) is 60.7 Å². The summed E-state index contributed by atoms with van der Waals surface area (Å²) in [5.74, 6) is 1.48. The highest BCUT2D eigenvalue weighted by Crippen LogP contribution is 2.29. The number of fused-ring (bicyclic) bond motifs is 2. The molecule has 2 aromatic heterocycles. The summed E-state index contributed by atoms with van der Waals surface area (Å²) < 4.78 is 3.36. The molecular formula is C38H27IN6O4. The molecule has 10 nitrogen and oxygen atoms in total. The molecule has 0 saturated heterocycles. The number of halogens is 1. The largest absolute Gasteiger partial charge is 0.338 e. The minimum Gasteiger partial charge on any atom is -0.338 e. The number of aromatic nitrogens is 4. The predicted molar refractivity (Wildman–Crippen MR) is 201 cm³/mol. The van der Waals surface area contributed by atoms with Crippen LogP contribution in [0.25, 0.3) is 50.5 Å².